The summed E-state index contributed by atoms with van der Waals surface area (Å²) in [6.07, 6.45) is 3.25. The zero-order valence-corrected chi connectivity index (χ0v) is 10.4. The van der Waals surface area contributed by atoms with E-state index < -0.39 is 0 Å². The van der Waals surface area contributed by atoms with Gasteiger partial charge in [0.2, 0.25) is 0 Å². The van der Waals surface area contributed by atoms with Crippen LogP contribution in [0.25, 0.3) is 10.8 Å². The number of rotatable bonds is 2. The lowest BCUT2D eigenvalue weighted by atomic mass is 10.1. The van der Waals surface area contributed by atoms with Gasteiger partial charge in [-0.25, -0.2) is 0 Å². The topological polar surface area (TPSA) is 71.3 Å². The summed E-state index contributed by atoms with van der Waals surface area (Å²) in [4.78, 5) is 17.0. The molecule has 0 atom stereocenters. The van der Waals surface area contributed by atoms with Crippen LogP contribution in [0.4, 0.5) is 11.4 Å². The second kappa shape index (κ2) is 4.81. The Labute approximate surface area is 110 Å². The second-order valence-corrected chi connectivity index (χ2v) is 4.52. The number of nitro groups is 1. The molecule has 1 aliphatic rings. The number of nitrogens with zero attached hydrogens (tertiary/aromatic N) is 3. The van der Waals surface area contributed by atoms with Crippen molar-refractivity contribution < 1.29 is 4.92 Å². The van der Waals surface area contributed by atoms with E-state index in [0.29, 0.717) is 5.39 Å². The van der Waals surface area contributed by atoms with E-state index in [0.717, 1.165) is 37.3 Å². The van der Waals surface area contributed by atoms with E-state index in [2.05, 4.69) is 15.2 Å². The van der Waals surface area contributed by atoms with Crippen molar-refractivity contribution in [2.24, 2.45) is 0 Å². The molecule has 98 valence electrons. The van der Waals surface area contributed by atoms with E-state index in [1.54, 1.807) is 18.5 Å². The minimum atomic E-state index is -0.356. The number of nitro benzene ring substituents is 1. The highest BCUT2D eigenvalue weighted by molar-refractivity contribution is 5.99. The highest BCUT2D eigenvalue weighted by Gasteiger charge is 2.18. The molecule has 3 rings (SSSR count). The van der Waals surface area contributed by atoms with Crippen LogP contribution in [0.1, 0.15) is 0 Å². The number of anilines is 1. The Balaban J connectivity index is 2.15. The lowest BCUT2D eigenvalue weighted by Crippen LogP contribution is -2.43. The van der Waals surface area contributed by atoms with Crippen molar-refractivity contribution in [2.45, 2.75) is 0 Å². The number of non-ortho nitro benzene ring substituents is 1. The standard InChI is InChI=1S/C13H14N4O2/c18-17(19)13-2-1-12(16-7-5-14-6-8-16)10-3-4-15-9-11(10)13/h1-4,9,14H,5-8H2. The third-order valence-corrected chi connectivity index (χ3v) is 3.43. The van der Waals surface area contributed by atoms with Gasteiger partial charge in [-0.05, 0) is 12.1 Å². The third-order valence-electron chi connectivity index (χ3n) is 3.43. The SMILES string of the molecule is O=[N+]([O-])c1ccc(N2CCNCC2)c2ccncc12. The van der Waals surface area contributed by atoms with Crippen molar-refractivity contribution in [1.29, 1.82) is 0 Å². The molecule has 0 spiro atoms. The summed E-state index contributed by atoms with van der Waals surface area (Å²) in [5, 5.41) is 15.9. The van der Waals surface area contributed by atoms with Crippen LogP contribution >= 0.6 is 0 Å². The highest BCUT2D eigenvalue weighted by Crippen LogP contribution is 2.32. The molecule has 6 nitrogen and oxygen atoms in total. The average Bonchev–Trinajstić information content (AvgIpc) is 2.47. The molecule has 19 heavy (non-hydrogen) atoms. The number of hydrogen-bond acceptors (Lipinski definition) is 5. The number of benzene rings is 1. The Morgan fingerprint density at radius 1 is 1.21 bits per heavy atom. The number of nitrogens with one attached hydrogen (secondary N) is 1. The van der Waals surface area contributed by atoms with E-state index in [1.165, 1.54) is 0 Å². The molecule has 2 heterocycles. The van der Waals surface area contributed by atoms with Crippen molar-refractivity contribution >= 4 is 22.1 Å². The summed E-state index contributed by atoms with van der Waals surface area (Å²) in [6, 6.07) is 5.26. The first-order valence-corrected chi connectivity index (χ1v) is 6.24. The highest BCUT2D eigenvalue weighted by atomic mass is 16.6. The Kier molecular flexibility index (Phi) is 3.00. The van der Waals surface area contributed by atoms with Crippen LogP contribution in [0, 0.1) is 10.1 Å². The van der Waals surface area contributed by atoms with Gasteiger partial charge in [0.05, 0.1) is 10.3 Å². The molecule has 1 saturated heterocycles. The largest absolute Gasteiger partial charge is 0.368 e. The quantitative estimate of drug-likeness (QED) is 0.653. The van der Waals surface area contributed by atoms with Gasteiger partial charge in [0, 0.05) is 55.7 Å². The minimum Gasteiger partial charge on any atom is -0.368 e. The number of aromatic nitrogens is 1. The maximum Gasteiger partial charge on any atom is 0.278 e. The average molecular weight is 258 g/mol. The third kappa shape index (κ3) is 2.10. The van der Waals surface area contributed by atoms with Gasteiger partial charge in [-0.15, -0.1) is 0 Å². The van der Waals surface area contributed by atoms with Crippen LogP contribution in [-0.2, 0) is 0 Å². The molecular formula is C13H14N4O2. The molecule has 2 aromatic rings. The van der Waals surface area contributed by atoms with Gasteiger partial charge in [-0.2, -0.15) is 0 Å². The summed E-state index contributed by atoms with van der Waals surface area (Å²) in [5.74, 6) is 0. The maximum absolute atomic E-state index is 11.1. The predicted octanol–water partition coefficient (Wildman–Crippen LogP) is 1.55. The molecule has 0 saturated carbocycles. The molecule has 0 aliphatic carbocycles. The number of piperazine rings is 1. The predicted molar refractivity (Wildman–Crippen MR) is 73.5 cm³/mol. The van der Waals surface area contributed by atoms with E-state index in [4.69, 9.17) is 0 Å². The van der Waals surface area contributed by atoms with Gasteiger partial charge in [0.1, 0.15) is 0 Å². The van der Waals surface area contributed by atoms with E-state index in [9.17, 15) is 10.1 Å². The van der Waals surface area contributed by atoms with E-state index >= 15 is 0 Å². The van der Waals surface area contributed by atoms with E-state index in [-0.39, 0.29) is 10.6 Å². The van der Waals surface area contributed by atoms with Crippen LogP contribution in [0.5, 0.6) is 0 Å². The first kappa shape index (κ1) is 11.9. The zero-order valence-electron chi connectivity index (χ0n) is 10.4. The maximum atomic E-state index is 11.1. The molecular weight excluding hydrogens is 244 g/mol. The van der Waals surface area contributed by atoms with Gasteiger partial charge < -0.3 is 10.2 Å². The summed E-state index contributed by atoms with van der Waals surface area (Å²) < 4.78 is 0. The first-order valence-electron chi connectivity index (χ1n) is 6.24. The van der Waals surface area contributed by atoms with E-state index in [1.807, 2.05) is 12.1 Å². The van der Waals surface area contributed by atoms with Crippen molar-refractivity contribution in [1.82, 2.24) is 10.3 Å². The Morgan fingerprint density at radius 2 is 2.00 bits per heavy atom. The van der Waals surface area contributed by atoms with Gasteiger partial charge in [0.15, 0.2) is 0 Å². The van der Waals surface area contributed by atoms with Crippen molar-refractivity contribution in [3.05, 3.63) is 40.7 Å². The molecule has 1 N–H and O–H groups in total. The lowest BCUT2D eigenvalue weighted by molar-refractivity contribution is -0.383. The molecule has 1 fully saturated rings. The number of fused-ring (bicyclic) bond motifs is 1. The Bertz CT molecular complexity index is 623. The number of hydrogen-bond donors (Lipinski definition) is 1. The van der Waals surface area contributed by atoms with Crippen molar-refractivity contribution in [3.63, 3.8) is 0 Å². The normalized spacial score (nSPS) is 15.7. The van der Waals surface area contributed by atoms with Gasteiger partial charge >= 0.3 is 0 Å². The fourth-order valence-corrected chi connectivity index (χ4v) is 2.50. The Morgan fingerprint density at radius 3 is 2.74 bits per heavy atom. The molecule has 0 radical (unpaired) electrons. The van der Waals surface area contributed by atoms with Gasteiger partial charge in [-0.3, -0.25) is 15.1 Å². The van der Waals surface area contributed by atoms with Crippen LogP contribution < -0.4 is 10.2 Å². The molecule has 6 heteroatoms. The minimum absolute atomic E-state index is 0.113. The monoisotopic (exact) mass is 258 g/mol. The van der Waals surface area contributed by atoms with Crippen LogP contribution in [0.15, 0.2) is 30.6 Å². The number of pyridine rings is 1. The lowest BCUT2D eigenvalue weighted by Gasteiger charge is -2.30. The molecule has 1 aromatic heterocycles. The van der Waals surface area contributed by atoms with Crippen LogP contribution in [0.2, 0.25) is 0 Å². The first-order chi connectivity index (χ1) is 9.27. The van der Waals surface area contributed by atoms with Crippen LogP contribution in [0.3, 0.4) is 0 Å². The van der Waals surface area contributed by atoms with Crippen LogP contribution in [-0.4, -0.2) is 36.1 Å². The Hall–Kier alpha value is -2.21. The molecule has 0 bridgehead atoms. The molecule has 0 unspecified atom stereocenters. The molecule has 0 amide bonds. The van der Waals surface area contributed by atoms with Gasteiger partial charge in [0.25, 0.3) is 5.69 Å². The van der Waals surface area contributed by atoms with Crippen molar-refractivity contribution in [2.75, 3.05) is 31.1 Å². The summed E-state index contributed by atoms with van der Waals surface area (Å²) in [6.45, 7) is 3.69. The van der Waals surface area contributed by atoms with Crippen molar-refractivity contribution in [3.8, 4) is 0 Å². The fraction of sp³-hybridized carbons (Fsp3) is 0.308. The summed E-state index contributed by atoms with van der Waals surface area (Å²) in [5.41, 5.74) is 1.16. The molecule has 1 aliphatic heterocycles. The zero-order chi connectivity index (χ0) is 13.2. The molecule has 1 aromatic carbocycles. The fourth-order valence-electron chi connectivity index (χ4n) is 2.50. The van der Waals surface area contributed by atoms with Gasteiger partial charge in [-0.1, -0.05) is 0 Å². The smallest absolute Gasteiger partial charge is 0.278 e. The summed E-state index contributed by atoms with van der Waals surface area (Å²) >= 11 is 0. The summed E-state index contributed by atoms with van der Waals surface area (Å²) in [7, 11) is 0. The second-order valence-electron chi connectivity index (χ2n) is 4.52.